The van der Waals surface area contributed by atoms with Crippen molar-refractivity contribution in [3.63, 3.8) is 0 Å². The number of carboxylic acid groups (broad SMARTS) is 1. The molecule has 104 valence electrons. The van der Waals surface area contributed by atoms with Crippen LogP contribution in [0, 0.1) is 12.8 Å². The van der Waals surface area contributed by atoms with E-state index in [1.54, 1.807) is 18.0 Å². The van der Waals surface area contributed by atoms with Gasteiger partial charge in [0.1, 0.15) is 0 Å². The van der Waals surface area contributed by atoms with E-state index in [0.717, 1.165) is 11.3 Å². The number of amides is 1. The third-order valence-electron chi connectivity index (χ3n) is 3.09. The molecule has 0 saturated carbocycles. The van der Waals surface area contributed by atoms with E-state index in [9.17, 15) is 9.59 Å². The lowest BCUT2D eigenvalue weighted by atomic mass is 10.1. The number of aryl methyl sites for hydroxylation is 1. The molecular formula is C14H20N2O3. The molecular weight excluding hydrogens is 244 g/mol. The predicted octanol–water partition coefficient (Wildman–Crippen LogP) is 1.50. The van der Waals surface area contributed by atoms with Gasteiger partial charge < -0.3 is 10.0 Å². The summed E-state index contributed by atoms with van der Waals surface area (Å²) < 4.78 is 0. The number of carbonyl (C=O) groups excluding carboxylic acids is 1. The van der Waals surface area contributed by atoms with Crippen molar-refractivity contribution in [2.45, 2.75) is 27.2 Å². The summed E-state index contributed by atoms with van der Waals surface area (Å²) in [7, 11) is 0. The topological polar surface area (TPSA) is 70.5 Å². The highest BCUT2D eigenvalue weighted by Gasteiger charge is 2.20. The molecule has 1 amide bonds. The summed E-state index contributed by atoms with van der Waals surface area (Å²) in [6.07, 6.45) is 1.87. The van der Waals surface area contributed by atoms with Gasteiger partial charge in [0.05, 0.1) is 18.0 Å². The second kappa shape index (κ2) is 6.87. The lowest BCUT2D eigenvalue weighted by Crippen LogP contribution is -2.37. The Hall–Kier alpha value is -1.91. The second-order valence-electron chi connectivity index (χ2n) is 4.62. The van der Waals surface area contributed by atoms with Crippen molar-refractivity contribution in [1.82, 2.24) is 9.88 Å². The third kappa shape index (κ3) is 4.35. The number of hydrogen-bond donors (Lipinski definition) is 1. The maximum atomic E-state index is 12.1. The number of aliphatic carboxylic acids is 1. The van der Waals surface area contributed by atoms with E-state index < -0.39 is 11.9 Å². The molecule has 0 aliphatic rings. The molecule has 0 bridgehead atoms. The number of carbonyl (C=O) groups is 2. The van der Waals surface area contributed by atoms with Crippen molar-refractivity contribution in [1.29, 1.82) is 0 Å². The molecule has 5 heteroatoms. The quantitative estimate of drug-likeness (QED) is 0.845. The number of hydrogen-bond acceptors (Lipinski definition) is 3. The zero-order chi connectivity index (χ0) is 14.4. The summed E-state index contributed by atoms with van der Waals surface area (Å²) in [4.78, 5) is 28.7. The van der Waals surface area contributed by atoms with Crippen molar-refractivity contribution in [2.24, 2.45) is 5.92 Å². The Morgan fingerprint density at radius 3 is 2.68 bits per heavy atom. The van der Waals surface area contributed by atoms with E-state index in [-0.39, 0.29) is 18.9 Å². The first-order valence-electron chi connectivity index (χ1n) is 6.36. The first-order chi connectivity index (χ1) is 8.95. The average molecular weight is 264 g/mol. The van der Waals surface area contributed by atoms with Crippen LogP contribution in [0.3, 0.4) is 0 Å². The van der Waals surface area contributed by atoms with E-state index in [0.29, 0.717) is 6.54 Å². The monoisotopic (exact) mass is 264 g/mol. The maximum absolute atomic E-state index is 12.1. The molecule has 1 unspecified atom stereocenters. The van der Waals surface area contributed by atoms with Crippen LogP contribution in [0.5, 0.6) is 0 Å². The Labute approximate surface area is 113 Å². The van der Waals surface area contributed by atoms with Gasteiger partial charge in [-0.25, -0.2) is 0 Å². The van der Waals surface area contributed by atoms with Gasteiger partial charge in [-0.2, -0.15) is 0 Å². The maximum Gasteiger partial charge on any atom is 0.308 e. The van der Waals surface area contributed by atoms with Crippen LogP contribution in [-0.4, -0.2) is 40.0 Å². The first kappa shape index (κ1) is 15.1. The Morgan fingerprint density at radius 2 is 2.16 bits per heavy atom. The van der Waals surface area contributed by atoms with E-state index in [1.165, 1.54) is 0 Å². The number of nitrogens with zero attached hydrogens (tertiary/aromatic N) is 2. The van der Waals surface area contributed by atoms with E-state index in [2.05, 4.69) is 4.98 Å². The van der Waals surface area contributed by atoms with Crippen LogP contribution in [0.4, 0.5) is 0 Å². The van der Waals surface area contributed by atoms with Crippen LogP contribution in [0.2, 0.25) is 0 Å². The summed E-state index contributed by atoms with van der Waals surface area (Å²) in [5.74, 6) is -1.54. The van der Waals surface area contributed by atoms with Crippen LogP contribution < -0.4 is 0 Å². The Bertz CT molecular complexity index is 460. The number of pyridine rings is 1. The fourth-order valence-corrected chi connectivity index (χ4v) is 1.77. The summed E-state index contributed by atoms with van der Waals surface area (Å²) in [5.41, 5.74) is 1.71. The Kier molecular flexibility index (Phi) is 5.48. The van der Waals surface area contributed by atoms with Crippen LogP contribution in [-0.2, 0) is 16.0 Å². The van der Waals surface area contributed by atoms with Gasteiger partial charge in [0.15, 0.2) is 0 Å². The minimum Gasteiger partial charge on any atom is -0.481 e. The fraction of sp³-hybridized carbons (Fsp3) is 0.500. The standard InChI is InChI=1S/C14H20N2O3/c1-4-16(9-11(3)14(18)19)13(17)8-12-10(2)6-5-7-15-12/h5-7,11H,4,8-9H2,1-3H3,(H,18,19). The van der Waals surface area contributed by atoms with Crippen molar-refractivity contribution in [3.05, 3.63) is 29.6 Å². The zero-order valence-corrected chi connectivity index (χ0v) is 11.6. The minimum absolute atomic E-state index is 0.0857. The molecule has 0 aliphatic heterocycles. The molecule has 19 heavy (non-hydrogen) atoms. The molecule has 1 heterocycles. The van der Waals surface area contributed by atoms with E-state index in [1.807, 2.05) is 26.0 Å². The van der Waals surface area contributed by atoms with Gasteiger partial charge in [0, 0.05) is 19.3 Å². The highest BCUT2D eigenvalue weighted by atomic mass is 16.4. The predicted molar refractivity (Wildman–Crippen MR) is 71.7 cm³/mol. The molecule has 1 rings (SSSR count). The molecule has 0 radical (unpaired) electrons. The lowest BCUT2D eigenvalue weighted by Gasteiger charge is -2.23. The highest BCUT2D eigenvalue weighted by molar-refractivity contribution is 5.79. The van der Waals surface area contributed by atoms with Crippen LogP contribution in [0.1, 0.15) is 25.1 Å². The number of aromatic nitrogens is 1. The van der Waals surface area contributed by atoms with Gasteiger partial charge in [-0.3, -0.25) is 14.6 Å². The van der Waals surface area contributed by atoms with Crippen molar-refractivity contribution in [3.8, 4) is 0 Å². The number of rotatable bonds is 6. The first-order valence-corrected chi connectivity index (χ1v) is 6.36. The highest BCUT2D eigenvalue weighted by Crippen LogP contribution is 2.08. The van der Waals surface area contributed by atoms with Gasteiger partial charge in [0.25, 0.3) is 0 Å². The summed E-state index contributed by atoms with van der Waals surface area (Å²) in [6.45, 7) is 6.09. The van der Waals surface area contributed by atoms with Gasteiger partial charge in [0.2, 0.25) is 5.91 Å². The molecule has 0 aromatic carbocycles. The van der Waals surface area contributed by atoms with E-state index >= 15 is 0 Å². The average Bonchev–Trinajstić information content (AvgIpc) is 2.38. The molecule has 1 aromatic heterocycles. The fourth-order valence-electron chi connectivity index (χ4n) is 1.77. The lowest BCUT2D eigenvalue weighted by molar-refractivity contribution is -0.142. The van der Waals surface area contributed by atoms with E-state index in [4.69, 9.17) is 5.11 Å². The van der Waals surface area contributed by atoms with Crippen molar-refractivity contribution < 1.29 is 14.7 Å². The Balaban J connectivity index is 2.69. The number of carboxylic acids is 1. The molecule has 0 fully saturated rings. The Morgan fingerprint density at radius 1 is 1.47 bits per heavy atom. The van der Waals surface area contributed by atoms with Crippen LogP contribution in [0.25, 0.3) is 0 Å². The molecule has 1 atom stereocenters. The second-order valence-corrected chi connectivity index (χ2v) is 4.62. The third-order valence-corrected chi connectivity index (χ3v) is 3.09. The molecule has 1 aromatic rings. The van der Waals surface area contributed by atoms with Gasteiger partial charge in [-0.05, 0) is 25.5 Å². The summed E-state index contributed by atoms with van der Waals surface area (Å²) in [6, 6.07) is 3.74. The zero-order valence-electron chi connectivity index (χ0n) is 11.6. The molecule has 0 spiro atoms. The van der Waals surface area contributed by atoms with Crippen molar-refractivity contribution in [2.75, 3.05) is 13.1 Å². The van der Waals surface area contributed by atoms with Gasteiger partial charge in [-0.15, -0.1) is 0 Å². The molecule has 5 nitrogen and oxygen atoms in total. The van der Waals surface area contributed by atoms with Crippen LogP contribution in [0.15, 0.2) is 18.3 Å². The molecule has 0 aliphatic carbocycles. The summed E-state index contributed by atoms with van der Waals surface area (Å²) >= 11 is 0. The number of likely N-dealkylation sites (N-methyl/N-ethyl adjacent to an activating group) is 1. The largest absolute Gasteiger partial charge is 0.481 e. The van der Waals surface area contributed by atoms with Gasteiger partial charge >= 0.3 is 5.97 Å². The van der Waals surface area contributed by atoms with Crippen molar-refractivity contribution >= 4 is 11.9 Å². The molecule has 1 N–H and O–H groups in total. The normalized spacial score (nSPS) is 11.9. The SMILES string of the molecule is CCN(CC(C)C(=O)O)C(=O)Cc1ncccc1C. The molecule has 0 saturated heterocycles. The smallest absolute Gasteiger partial charge is 0.308 e. The summed E-state index contributed by atoms with van der Waals surface area (Å²) in [5, 5.41) is 8.89. The van der Waals surface area contributed by atoms with Crippen LogP contribution >= 0.6 is 0 Å². The minimum atomic E-state index is -0.889. The van der Waals surface area contributed by atoms with Gasteiger partial charge in [-0.1, -0.05) is 13.0 Å².